The van der Waals surface area contributed by atoms with Crippen molar-refractivity contribution in [2.45, 2.75) is 25.0 Å². The van der Waals surface area contributed by atoms with Gasteiger partial charge in [0.15, 0.2) is 9.84 Å². The zero-order valence-electron chi connectivity index (χ0n) is 10.2. The lowest BCUT2D eigenvalue weighted by molar-refractivity contribution is 0.0827. The molecule has 2 aliphatic heterocycles. The minimum Gasteiger partial charge on any atom is -0.333 e. The van der Waals surface area contributed by atoms with Crippen LogP contribution < -0.4 is 5.73 Å². The molecule has 1 aromatic rings. The van der Waals surface area contributed by atoms with Crippen LogP contribution >= 0.6 is 0 Å². The minimum absolute atomic E-state index is 0.192. The summed E-state index contributed by atoms with van der Waals surface area (Å²) in [5, 5.41) is 0. The molecule has 1 fully saturated rings. The molecule has 0 saturated carbocycles. The Hall–Kier alpha value is -0.920. The number of sulfone groups is 1. The summed E-state index contributed by atoms with van der Waals surface area (Å²) in [5.74, 6) is 1.45. The van der Waals surface area contributed by atoms with Crippen molar-refractivity contribution in [3.8, 4) is 0 Å². The van der Waals surface area contributed by atoms with E-state index in [9.17, 15) is 8.42 Å². The fourth-order valence-corrected chi connectivity index (χ4v) is 5.12. The highest BCUT2D eigenvalue weighted by atomic mass is 32.2. The lowest BCUT2D eigenvalue weighted by Gasteiger charge is -2.41. The van der Waals surface area contributed by atoms with Crippen LogP contribution in [-0.4, -0.2) is 53.0 Å². The van der Waals surface area contributed by atoms with Crippen LogP contribution in [-0.2, 0) is 22.9 Å². The largest absolute Gasteiger partial charge is 0.333 e. The number of nitrogens with zero attached hydrogens (tertiary/aromatic N) is 3. The lowest BCUT2D eigenvalue weighted by atomic mass is 9.96. The summed E-state index contributed by atoms with van der Waals surface area (Å²) >= 11 is 0. The molecular weight excluding hydrogens is 252 g/mol. The summed E-state index contributed by atoms with van der Waals surface area (Å²) in [6.45, 7) is 2.79. The molecule has 100 valence electrons. The molecule has 18 heavy (non-hydrogen) atoms. The molecule has 0 radical (unpaired) electrons. The molecule has 1 unspecified atom stereocenters. The maximum atomic E-state index is 11.7. The van der Waals surface area contributed by atoms with Crippen molar-refractivity contribution in [1.82, 2.24) is 14.5 Å². The van der Waals surface area contributed by atoms with Crippen molar-refractivity contribution in [3.63, 3.8) is 0 Å². The molecular formula is C11H18N4O2S. The van der Waals surface area contributed by atoms with E-state index in [2.05, 4.69) is 14.5 Å². The van der Waals surface area contributed by atoms with Gasteiger partial charge in [0, 0.05) is 37.6 Å². The number of fused-ring (bicyclic) bond motifs is 1. The van der Waals surface area contributed by atoms with E-state index >= 15 is 0 Å². The Bertz CT molecular complexity index is 553. The summed E-state index contributed by atoms with van der Waals surface area (Å²) in [7, 11) is -2.93. The van der Waals surface area contributed by atoms with Gasteiger partial charge in [0.2, 0.25) is 0 Å². The predicted molar refractivity (Wildman–Crippen MR) is 67.7 cm³/mol. The molecule has 0 bridgehead atoms. The van der Waals surface area contributed by atoms with Gasteiger partial charge in [0.05, 0.1) is 18.1 Å². The summed E-state index contributed by atoms with van der Waals surface area (Å²) in [6, 6.07) is 0. The first-order chi connectivity index (χ1) is 8.55. The molecule has 0 amide bonds. The fourth-order valence-electron chi connectivity index (χ4n) is 3.02. The van der Waals surface area contributed by atoms with E-state index in [-0.39, 0.29) is 17.0 Å². The quantitative estimate of drug-likeness (QED) is 0.762. The predicted octanol–water partition coefficient (Wildman–Crippen LogP) is -0.785. The molecule has 0 aliphatic carbocycles. The SMILES string of the molecule is NCC1(N2CCn3ccnc3C2)CCS(=O)(=O)C1. The first kappa shape index (κ1) is 12.1. The van der Waals surface area contributed by atoms with E-state index in [0.717, 1.165) is 18.9 Å². The highest BCUT2D eigenvalue weighted by Crippen LogP contribution is 2.31. The molecule has 0 aromatic carbocycles. The van der Waals surface area contributed by atoms with Gasteiger partial charge in [0.1, 0.15) is 5.82 Å². The topological polar surface area (TPSA) is 81.2 Å². The van der Waals surface area contributed by atoms with E-state index in [1.165, 1.54) is 0 Å². The van der Waals surface area contributed by atoms with E-state index in [1.54, 1.807) is 6.20 Å². The average molecular weight is 270 g/mol. The molecule has 1 aromatic heterocycles. The van der Waals surface area contributed by atoms with E-state index in [1.807, 2.05) is 6.20 Å². The number of hydrogen-bond acceptors (Lipinski definition) is 5. The Balaban J connectivity index is 1.87. The number of hydrogen-bond donors (Lipinski definition) is 1. The van der Waals surface area contributed by atoms with Gasteiger partial charge < -0.3 is 10.3 Å². The number of aromatic nitrogens is 2. The van der Waals surface area contributed by atoms with Crippen LogP contribution in [0.2, 0.25) is 0 Å². The number of imidazole rings is 1. The first-order valence-electron chi connectivity index (χ1n) is 6.20. The summed E-state index contributed by atoms with van der Waals surface area (Å²) in [4.78, 5) is 6.52. The van der Waals surface area contributed by atoms with Gasteiger partial charge in [-0.2, -0.15) is 0 Å². The van der Waals surface area contributed by atoms with Gasteiger partial charge >= 0.3 is 0 Å². The Morgan fingerprint density at radius 3 is 2.94 bits per heavy atom. The van der Waals surface area contributed by atoms with Gasteiger partial charge in [-0.25, -0.2) is 13.4 Å². The van der Waals surface area contributed by atoms with Crippen LogP contribution in [0, 0.1) is 0 Å². The second-order valence-electron chi connectivity index (χ2n) is 5.23. The minimum atomic E-state index is -2.93. The van der Waals surface area contributed by atoms with Crippen molar-refractivity contribution in [3.05, 3.63) is 18.2 Å². The van der Waals surface area contributed by atoms with E-state index in [4.69, 9.17) is 5.73 Å². The smallest absolute Gasteiger partial charge is 0.152 e. The molecule has 3 heterocycles. The lowest BCUT2D eigenvalue weighted by Crippen LogP contribution is -2.56. The molecule has 0 spiro atoms. The second kappa shape index (κ2) is 4.04. The monoisotopic (exact) mass is 270 g/mol. The van der Waals surface area contributed by atoms with Crippen LogP contribution in [0.4, 0.5) is 0 Å². The van der Waals surface area contributed by atoms with Gasteiger partial charge in [-0.15, -0.1) is 0 Å². The van der Waals surface area contributed by atoms with Crippen LogP contribution in [0.3, 0.4) is 0 Å². The number of rotatable bonds is 2. The third kappa shape index (κ3) is 1.86. The summed E-state index contributed by atoms with van der Waals surface area (Å²) < 4.78 is 25.6. The number of nitrogens with two attached hydrogens (primary N) is 1. The second-order valence-corrected chi connectivity index (χ2v) is 7.41. The van der Waals surface area contributed by atoms with E-state index in [0.29, 0.717) is 19.5 Å². The molecule has 3 rings (SSSR count). The Labute approximate surface area is 107 Å². The Morgan fingerprint density at radius 2 is 2.28 bits per heavy atom. The van der Waals surface area contributed by atoms with E-state index < -0.39 is 9.84 Å². The fraction of sp³-hybridized carbons (Fsp3) is 0.727. The van der Waals surface area contributed by atoms with Gasteiger partial charge in [-0.3, -0.25) is 4.90 Å². The maximum Gasteiger partial charge on any atom is 0.152 e. The highest BCUT2D eigenvalue weighted by molar-refractivity contribution is 7.91. The van der Waals surface area contributed by atoms with Gasteiger partial charge in [-0.05, 0) is 6.42 Å². The van der Waals surface area contributed by atoms with Crippen molar-refractivity contribution in [1.29, 1.82) is 0 Å². The summed E-state index contributed by atoms with van der Waals surface area (Å²) in [5.41, 5.74) is 5.50. The standard InChI is InChI=1S/C11H18N4O2S/c12-8-11(1-6-18(16,17)9-11)15-5-4-14-3-2-13-10(14)7-15/h2-3H,1,4-9,12H2. The highest BCUT2D eigenvalue weighted by Gasteiger charge is 2.46. The molecule has 1 atom stereocenters. The zero-order valence-corrected chi connectivity index (χ0v) is 11.1. The third-order valence-electron chi connectivity index (χ3n) is 4.16. The molecule has 7 heteroatoms. The third-order valence-corrected chi connectivity index (χ3v) is 5.97. The van der Waals surface area contributed by atoms with Gasteiger partial charge in [0.25, 0.3) is 0 Å². The Morgan fingerprint density at radius 1 is 1.44 bits per heavy atom. The van der Waals surface area contributed by atoms with Crippen LogP contribution in [0.15, 0.2) is 12.4 Å². The molecule has 2 N–H and O–H groups in total. The zero-order chi connectivity index (χ0) is 12.8. The van der Waals surface area contributed by atoms with Crippen LogP contribution in [0.25, 0.3) is 0 Å². The van der Waals surface area contributed by atoms with Crippen molar-refractivity contribution in [2.75, 3.05) is 24.6 Å². The normalized spacial score (nSPS) is 31.4. The van der Waals surface area contributed by atoms with Crippen molar-refractivity contribution < 1.29 is 8.42 Å². The Kier molecular flexibility index (Phi) is 2.72. The average Bonchev–Trinajstić information content (AvgIpc) is 2.92. The maximum absolute atomic E-state index is 11.7. The van der Waals surface area contributed by atoms with Gasteiger partial charge in [-0.1, -0.05) is 0 Å². The van der Waals surface area contributed by atoms with Crippen molar-refractivity contribution in [2.24, 2.45) is 5.73 Å². The van der Waals surface area contributed by atoms with Crippen molar-refractivity contribution >= 4 is 9.84 Å². The molecule has 2 aliphatic rings. The molecule has 6 nitrogen and oxygen atoms in total. The first-order valence-corrected chi connectivity index (χ1v) is 8.02. The molecule has 1 saturated heterocycles. The summed E-state index contributed by atoms with van der Waals surface area (Å²) in [6.07, 6.45) is 4.40. The van der Waals surface area contributed by atoms with Crippen LogP contribution in [0.5, 0.6) is 0 Å². The van der Waals surface area contributed by atoms with Crippen LogP contribution in [0.1, 0.15) is 12.2 Å².